The van der Waals surface area contributed by atoms with Crippen molar-refractivity contribution in [3.05, 3.63) is 28.3 Å². The number of carbonyl (C=O) groups excluding carboxylic acids is 2. The predicted octanol–water partition coefficient (Wildman–Crippen LogP) is 2.80. The summed E-state index contributed by atoms with van der Waals surface area (Å²) >= 11 is 0. The minimum Gasteiger partial charge on any atom is -0.496 e. The second-order valence-electron chi connectivity index (χ2n) is 7.64. The van der Waals surface area contributed by atoms with Gasteiger partial charge in [0.1, 0.15) is 11.9 Å². The number of esters is 1. The van der Waals surface area contributed by atoms with Crippen LogP contribution in [0.3, 0.4) is 0 Å². The Bertz CT molecular complexity index is 780. The molecule has 1 aromatic rings. The van der Waals surface area contributed by atoms with Gasteiger partial charge in [0.2, 0.25) is 0 Å². The van der Waals surface area contributed by atoms with E-state index < -0.39 is 5.41 Å². The monoisotopic (exact) mass is 312 g/mol. The molecule has 2 aliphatic heterocycles. The zero-order valence-corrected chi connectivity index (χ0v) is 13.6. The zero-order valence-electron chi connectivity index (χ0n) is 13.6. The van der Waals surface area contributed by atoms with E-state index in [4.69, 9.17) is 9.47 Å². The van der Waals surface area contributed by atoms with Crippen molar-refractivity contribution in [2.75, 3.05) is 7.11 Å². The third-order valence-corrected chi connectivity index (χ3v) is 6.97. The highest BCUT2D eigenvalue weighted by Gasteiger charge is 2.69. The highest BCUT2D eigenvalue weighted by atomic mass is 16.5. The van der Waals surface area contributed by atoms with Crippen LogP contribution in [0.25, 0.3) is 0 Å². The van der Waals surface area contributed by atoms with Gasteiger partial charge >= 0.3 is 5.97 Å². The summed E-state index contributed by atoms with van der Waals surface area (Å²) in [6.07, 6.45) is 2.17. The van der Waals surface area contributed by atoms with Crippen LogP contribution in [0.1, 0.15) is 52.7 Å². The highest BCUT2D eigenvalue weighted by molar-refractivity contribution is 6.08. The van der Waals surface area contributed by atoms with Crippen LogP contribution in [0.5, 0.6) is 5.75 Å². The van der Waals surface area contributed by atoms with E-state index in [0.29, 0.717) is 0 Å². The first-order chi connectivity index (χ1) is 11.0. The molecule has 1 saturated carbocycles. The number of hydrogen-bond acceptors (Lipinski definition) is 4. The molecule has 0 unspecified atom stereocenters. The largest absolute Gasteiger partial charge is 0.496 e. The van der Waals surface area contributed by atoms with Crippen molar-refractivity contribution in [2.24, 2.45) is 17.3 Å². The lowest BCUT2D eigenvalue weighted by atomic mass is 9.50. The van der Waals surface area contributed by atoms with Gasteiger partial charge in [-0.3, -0.25) is 9.59 Å². The molecule has 0 radical (unpaired) electrons. The van der Waals surface area contributed by atoms with Gasteiger partial charge in [-0.1, -0.05) is 6.92 Å². The number of aryl methyl sites for hydroxylation is 1. The lowest BCUT2D eigenvalue weighted by Crippen LogP contribution is -2.61. The molecule has 0 aromatic heterocycles. The van der Waals surface area contributed by atoms with E-state index >= 15 is 0 Å². The quantitative estimate of drug-likeness (QED) is 0.748. The normalized spacial score (nSPS) is 39.3. The summed E-state index contributed by atoms with van der Waals surface area (Å²) in [4.78, 5) is 26.0. The molecule has 2 saturated heterocycles. The molecule has 3 fully saturated rings. The van der Waals surface area contributed by atoms with Crippen LogP contribution in [0.15, 0.2) is 6.07 Å². The fraction of sp³-hybridized carbons (Fsp3) is 0.579. The van der Waals surface area contributed by atoms with E-state index in [-0.39, 0.29) is 35.6 Å². The van der Waals surface area contributed by atoms with Crippen molar-refractivity contribution in [3.63, 3.8) is 0 Å². The number of ketones is 1. The second kappa shape index (κ2) is 3.97. The summed E-state index contributed by atoms with van der Waals surface area (Å²) in [6.45, 7) is 4.12. The minimum absolute atomic E-state index is 0.0216. The van der Waals surface area contributed by atoms with Crippen LogP contribution in [0.2, 0.25) is 0 Å². The third-order valence-electron chi connectivity index (χ3n) is 6.97. The van der Waals surface area contributed by atoms with Gasteiger partial charge in [0.25, 0.3) is 0 Å². The van der Waals surface area contributed by atoms with Crippen molar-refractivity contribution in [1.82, 2.24) is 0 Å². The molecule has 4 heteroatoms. The van der Waals surface area contributed by atoms with Crippen LogP contribution in [0, 0.1) is 24.2 Å². The molecule has 23 heavy (non-hydrogen) atoms. The van der Waals surface area contributed by atoms with Gasteiger partial charge in [-0.05, 0) is 49.3 Å². The number of rotatable bonds is 1. The smallest absolute Gasteiger partial charge is 0.313 e. The zero-order chi connectivity index (χ0) is 16.1. The average Bonchev–Trinajstić information content (AvgIpc) is 2.84. The molecule has 5 aliphatic rings. The van der Waals surface area contributed by atoms with Crippen molar-refractivity contribution >= 4 is 11.8 Å². The van der Waals surface area contributed by atoms with E-state index in [2.05, 4.69) is 13.0 Å². The van der Waals surface area contributed by atoms with Crippen LogP contribution in [-0.4, -0.2) is 25.0 Å². The Balaban J connectivity index is 1.85. The van der Waals surface area contributed by atoms with Gasteiger partial charge in [0, 0.05) is 17.0 Å². The number of fused-ring (bicyclic) bond motifs is 2. The van der Waals surface area contributed by atoms with E-state index in [1.54, 1.807) is 7.11 Å². The van der Waals surface area contributed by atoms with Crippen LogP contribution in [0.4, 0.5) is 0 Å². The predicted molar refractivity (Wildman–Crippen MR) is 82.7 cm³/mol. The molecule has 5 atom stereocenters. The molecule has 4 nitrogen and oxygen atoms in total. The third kappa shape index (κ3) is 1.28. The maximum Gasteiger partial charge on any atom is 0.313 e. The van der Waals surface area contributed by atoms with Crippen molar-refractivity contribution < 1.29 is 19.1 Å². The van der Waals surface area contributed by atoms with E-state index in [0.717, 1.165) is 41.7 Å². The van der Waals surface area contributed by atoms with Gasteiger partial charge in [-0.2, -0.15) is 0 Å². The van der Waals surface area contributed by atoms with E-state index in [1.165, 1.54) is 5.56 Å². The molecule has 3 aliphatic carbocycles. The van der Waals surface area contributed by atoms with Crippen molar-refractivity contribution in [3.8, 4) is 5.75 Å². The molecular weight excluding hydrogens is 292 g/mol. The number of carbonyl (C=O) groups is 2. The van der Waals surface area contributed by atoms with Crippen molar-refractivity contribution in [1.29, 1.82) is 0 Å². The van der Waals surface area contributed by atoms with Crippen LogP contribution >= 0.6 is 0 Å². The van der Waals surface area contributed by atoms with Gasteiger partial charge in [0.05, 0.1) is 18.4 Å². The Hall–Kier alpha value is -1.84. The Labute approximate surface area is 135 Å². The SMILES string of the molecule is COc1cc2c3c(c1C)C(=O)[C@H]1[C@@H]4C[C@@H](C)[C@@](CC2)(C(=O)O4)[C@@H]31. The molecule has 6 rings (SSSR count). The van der Waals surface area contributed by atoms with Gasteiger partial charge in [-0.25, -0.2) is 0 Å². The first-order valence-corrected chi connectivity index (χ1v) is 8.46. The maximum atomic E-state index is 13.2. The van der Waals surface area contributed by atoms with Gasteiger partial charge in [-0.15, -0.1) is 0 Å². The molecule has 1 aromatic carbocycles. The van der Waals surface area contributed by atoms with E-state index in [9.17, 15) is 9.59 Å². The maximum absolute atomic E-state index is 13.2. The minimum atomic E-state index is -0.492. The second-order valence-corrected chi connectivity index (χ2v) is 7.64. The number of benzene rings is 1. The van der Waals surface area contributed by atoms with Gasteiger partial charge < -0.3 is 9.47 Å². The first-order valence-electron chi connectivity index (χ1n) is 8.46. The van der Waals surface area contributed by atoms with Crippen LogP contribution in [-0.2, 0) is 16.0 Å². The summed E-state index contributed by atoms with van der Waals surface area (Å²) in [5.74, 6) is 1.01. The van der Waals surface area contributed by atoms with E-state index in [1.807, 2.05) is 6.92 Å². The Morgan fingerprint density at radius 3 is 2.83 bits per heavy atom. The molecule has 2 bridgehead atoms. The fourth-order valence-corrected chi connectivity index (χ4v) is 5.93. The summed E-state index contributed by atoms with van der Waals surface area (Å²) < 4.78 is 11.2. The number of ether oxygens (including phenoxy) is 2. The summed E-state index contributed by atoms with van der Waals surface area (Å²) in [6, 6.07) is 2.08. The molecule has 0 N–H and O–H groups in total. The molecular formula is C19H20O4. The molecule has 0 amide bonds. The molecule has 2 heterocycles. The van der Waals surface area contributed by atoms with Crippen LogP contribution < -0.4 is 4.74 Å². The molecule has 1 spiro atoms. The Kier molecular flexibility index (Phi) is 2.35. The van der Waals surface area contributed by atoms with Gasteiger partial charge in [0.15, 0.2) is 5.78 Å². The Morgan fingerprint density at radius 2 is 2.13 bits per heavy atom. The van der Waals surface area contributed by atoms with Crippen molar-refractivity contribution in [2.45, 2.75) is 45.1 Å². The first kappa shape index (κ1) is 13.6. The summed E-state index contributed by atoms with van der Waals surface area (Å²) in [5.41, 5.74) is 3.58. The number of Topliss-reactive ketones (excluding diaryl/α,β-unsaturated/α-hetero) is 1. The molecule has 120 valence electrons. The number of methoxy groups -OCH3 is 1. The average molecular weight is 312 g/mol. The lowest BCUT2D eigenvalue weighted by molar-refractivity contribution is -0.203. The Morgan fingerprint density at radius 1 is 1.35 bits per heavy atom. The summed E-state index contributed by atoms with van der Waals surface area (Å²) in [5, 5.41) is 0. The topological polar surface area (TPSA) is 52.6 Å². The lowest BCUT2D eigenvalue weighted by Gasteiger charge is -2.57. The highest BCUT2D eigenvalue weighted by Crippen LogP contribution is 2.67. The standard InChI is InChI=1S/C19H20O4/c1-8-6-12-15-16-14-10(4-5-19(8,16)18(21)23-12)7-11(22-3)9(2)13(14)17(15)20/h7-8,12,15-16H,4-6H2,1-3H3/t8-,12+,15+,16+,19-/m1/s1. The fourth-order valence-electron chi connectivity index (χ4n) is 5.93. The summed E-state index contributed by atoms with van der Waals surface area (Å²) in [7, 11) is 1.65. The number of hydrogen-bond donors (Lipinski definition) is 0.